The quantitative estimate of drug-likeness (QED) is 0.432. The van der Waals surface area contributed by atoms with Gasteiger partial charge in [0.05, 0.1) is 5.69 Å². The van der Waals surface area contributed by atoms with Crippen molar-refractivity contribution in [1.29, 1.82) is 0 Å². The fourth-order valence-corrected chi connectivity index (χ4v) is 3.93. The molecule has 1 saturated heterocycles. The van der Waals surface area contributed by atoms with E-state index in [0.29, 0.717) is 5.11 Å². The SMILES string of the molecule is S=C(Nc1ccccc1)N[C@@H]1SNC(=Nc2ccccc2)N1c1ccccc1. The first-order valence-corrected chi connectivity index (χ1v) is 10.1. The molecule has 1 heterocycles. The minimum Gasteiger partial charge on any atom is -0.333 e. The number of benzene rings is 3. The molecule has 3 N–H and O–H groups in total. The van der Waals surface area contributed by atoms with E-state index in [1.165, 1.54) is 11.9 Å². The van der Waals surface area contributed by atoms with E-state index in [0.717, 1.165) is 23.0 Å². The van der Waals surface area contributed by atoms with E-state index in [9.17, 15) is 0 Å². The number of para-hydroxylation sites is 3. The van der Waals surface area contributed by atoms with Crippen LogP contribution in [0.3, 0.4) is 0 Å². The average Bonchev–Trinajstić information content (AvgIpc) is 3.12. The number of hydrogen-bond acceptors (Lipinski definition) is 3. The maximum atomic E-state index is 5.51. The third kappa shape index (κ3) is 4.44. The summed E-state index contributed by atoms with van der Waals surface area (Å²) in [7, 11) is 0. The van der Waals surface area contributed by atoms with E-state index < -0.39 is 0 Å². The van der Waals surface area contributed by atoms with Crippen LogP contribution in [-0.2, 0) is 0 Å². The van der Waals surface area contributed by atoms with Crippen molar-refractivity contribution in [2.75, 3.05) is 10.2 Å². The maximum absolute atomic E-state index is 5.51. The van der Waals surface area contributed by atoms with Crippen LogP contribution in [0.2, 0.25) is 0 Å². The second-order valence-electron chi connectivity index (χ2n) is 6.01. The Kier molecular flexibility index (Phi) is 5.75. The molecule has 5 nitrogen and oxygen atoms in total. The monoisotopic (exact) mass is 405 g/mol. The molecule has 1 fully saturated rings. The fourth-order valence-electron chi connectivity index (χ4n) is 2.76. The first-order chi connectivity index (χ1) is 13.8. The summed E-state index contributed by atoms with van der Waals surface area (Å²) in [6.07, 6.45) is 0. The molecule has 1 aliphatic rings. The first-order valence-electron chi connectivity index (χ1n) is 8.82. The van der Waals surface area contributed by atoms with Gasteiger partial charge in [0.2, 0.25) is 5.96 Å². The highest BCUT2D eigenvalue weighted by molar-refractivity contribution is 7.99. The number of hydrogen-bond donors (Lipinski definition) is 3. The molecule has 3 aromatic rings. The van der Waals surface area contributed by atoms with Crippen molar-refractivity contribution in [3.05, 3.63) is 91.0 Å². The van der Waals surface area contributed by atoms with Gasteiger partial charge in [0.25, 0.3) is 0 Å². The minimum atomic E-state index is -0.145. The van der Waals surface area contributed by atoms with Gasteiger partial charge >= 0.3 is 0 Å². The molecule has 0 radical (unpaired) electrons. The van der Waals surface area contributed by atoms with Crippen molar-refractivity contribution in [3.63, 3.8) is 0 Å². The highest BCUT2D eigenvalue weighted by Crippen LogP contribution is 2.28. The third-order valence-corrected chi connectivity index (χ3v) is 5.11. The van der Waals surface area contributed by atoms with Crippen LogP contribution in [-0.4, -0.2) is 16.6 Å². The third-order valence-electron chi connectivity index (χ3n) is 4.04. The molecule has 4 rings (SSSR count). The summed E-state index contributed by atoms with van der Waals surface area (Å²) < 4.78 is 3.32. The van der Waals surface area contributed by atoms with E-state index >= 15 is 0 Å². The van der Waals surface area contributed by atoms with Gasteiger partial charge < -0.3 is 10.6 Å². The minimum absolute atomic E-state index is 0.145. The molecule has 0 saturated carbocycles. The van der Waals surface area contributed by atoms with Crippen molar-refractivity contribution in [2.45, 2.75) is 5.50 Å². The number of aliphatic imine (C=N–C) groups is 1. The number of thiocarbonyl (C=S) groups is 1. The Balaban J connectivity index is 1.56. The molecule has 28 heavy (non-hydrogen) atoms. The van der Waals surface area contributed by atoms with Crippen molar-refractivity contribution >= 4 is 52.3 Å². The standard InChI is InChI=1S/C21H19N5S2/c27-20(23-17-12-6-2-7-13-17)24-21-26(18-14-8-3-9-15-18)19(25-28-21)22-16-10-4-1-5-11-16/h1-15,21H,(H,22,25)(H2,23,24,27)/t21-/m0/s1. The summed E-state index contributed by atoms with van der Waals surface area (Å²) in [6.45, 7) is 0. The Morgan fingerprint density at radius 3 is 2.18 bits per heavy atom. The van der Waals surface area contributed by atoms with Crippen LogP contribution in [0.5, 0.6) is 0 Å². The Bertz CT molecular complexity index is 948. The van der Waals surface area contributed by atoms with Gasteiger partial charge in [0.1, 0.15) is 0 Å². The number of guanidine groups is 1. The summed E-state index contributed by atoms with van der Waals surface area (Å²) in [4.78, 5) is 6.86. The van der Waals surface area contributed by atoms with Gasteiger partial charge in [-0.3, -0.25) is 9.62 Å². The lowest BCUT2D eigenvalue weighted by atomic mass is 10.3. The molecule has 0 amide bonds. The molecule has 1 atom stereocenters. The fraction of sp³-hybridized carbons (Fsp3) is 0.0476. The van der Waals surface area contributed by atoms with Crippen molar-refractivity contribution in [1.82, 2.24) is 10.0 Å². The maximum Gasteiger partial charge on any atom is 0.216 e. The Hall–Kier alpha value is -3.03. The van der Waals surface area contributed by atoms with Crippen molar-refractivity contribution < 1.29 is 0 Å². The number of nitrogens with zero attached hydrogens (tertiary/aromatic N) is 2. The Morgan fingerprint density at radius 1 is 0.893 bits per heavy atom. The molecule has 140 valence electrons. The molecule has 7 heteroatoms. The Morgan fingerprint density at radius 2 is 1.50 bits per heavy atom. The lowest BCUT2D eigenvalue weighted by molar-refractivity contribution is 0.853. The second-order valence-corrected chi connectivity index (χ2v) is 7.31. The van der Waals surface area contributed by atoms with Gasteiger partial charge in [-0.1, -0.05) is 54.6 Å². The smallest absolute Gasteiger partial charge is 0.216 e. The lowest BCUT2D eigenvalue weighted by Gasteiger charge is -2.26. The van der Waals surface area contributed by atoms with Crippen molar-refractivity contribution in [2.24, 2.45) is 4.99 Å². The highest BCUT2D eigenvalue weighted by Gasteiger charge is 2.32. The molecular weight excluding hydrogens is 386 g/mol. The first kappa shape index (κ1) is 18.3. The zero-order valence-corrected chi connectivity index (χ0v) is 16.6. The second kappa shape index (κ2) is 8.77. The van der Waals surface area contributed by atoms with E-state index in [-0.39, 0.29) is 5.50 Å². The van der Waals surface area contributed by atoms with Gasteiger partial charge in [-0.2, -0.15) is 0 Å². The summed E-state index contributed by atoms with van der Waals surface area (Å²) in [5.74, 6) is 0.752. The molecule has 0 aromatic heterocycles. The van der Waals surface area contributed by atoms with Gasteiger partial charge in [-0.05, 0) is 60.6 Å². The predicted molar refractivity (Wildman–Crippen MR) is 123 cm³/mol. The van der Waals surface area contributed by atoms with E-state index in [1.807, 2.05) is 78.9 Å². The average molecular weight is 406 g/mol. The van der Waals surface area contributed by atoms with Crippen LogP contribution in [0.15, 0.2) is 96.0 Å². The van der Waals surface area contributed by atoms with Gasteiger partial charge in [-0.15, -0.1) is 0 Å². The molecule has 3 aromatic carbocycles. The van der Waals surface area contributed by atoms with Crippen LogP contribution >= 0.6 is 24.2 Å². The van der Waals surface area contributed by atoms with Crippen LogP contribution < -0.4 is 20.3 Å². The van der Waals surface area contributed by atoms with Crippen LogP contribution in [0, 0.1) is 0 Å². The van der Waals surface area contributed by atoms with Crippen LogP contribution in [0.1, 0.15) is 0 Å². The molecule has 0 spiro atoms. The summed E-state index contributed by atoms with van der Waals surface area (Å²) >= 11 is 7.03. The summed E-state index contributed by atoms with van der Waals surface area (Å²) in [5, 5.41) is 7.12. The van der Waals surface area contributed by atoms with E-state index in [4.69, 9.17) is 17.2 Å². The normalized spacial score (nSPS) is 17.2. The molecule has 0 unspecified atom stereocenters. The summed E-state index contributed by atoms with van der Waals surface area (Å²) in [5.41, 5.74) is 2.71. The number of anilines is 2. The number of rotatable bonds is 4. The highest BCUT2D eigenvalue weighted by atomic mass is 32.2. The van der Waals surface area contributed by atoms with E-state index in [2.05, 4.69) is 32.4 Å². The predicted octanol–water partition coefficient (Wildman–Crippen LogP) is 4.70. The van der Waals surface area contributed by atoms with E-state index in [1.54, 1.807) is 0 Å². The van der Waals surface area contributed by atoms with Crippen LogP contribution in [0.4, 0.5) is 17.1 Å². The largest absolute Gasteiger partial charge is 0.333 e. The Labute approximate surface area is 174 Å². The topological polar surface area (TPSA) is 51.7 Å². The molecule has 0 bridgehead atoms. The lowest BCUT2D eigenvalue weighted by Crippen LogP contribution is -2.46. The molecule has 0 aliphatic carbocycles. The van der Waals surface area contributed by atoms with Gasteiger partial charge in [0.15, 0.2) is 10.6 Å². The van der Waals surface area contributed by atoms with Gasteiger partial charge in [-0.25, -0.2) is 4.99 Å². The zero-order valence-electron chi connectivity index (χ0n) is 14.9. The van der Waals surface area contributed by atoms with Crippen molar-refractivity contribution in [3.8, 4) is 0 Å². The molecular formula is C21H19N5S2. The van der Waals surface area contributed by atoms with Crippen LogP contribution in [0.25, 0.3) is 0 Å². The van der Waals surface area contributed by atoms with Gasteiger partial charge in [0, 0.05) is 11.4 Å². The number of nitrogens with one attached hydrogen (secondary N) is 3. The summed E-state index contributed by atoms with van der Waals surface area (Å²) in [6, 6.07) is 29.9. The molecule has 1 aliphatic heterocycles. The zero-order chi connectivity index (χ0) is 19.2.